The van der Waals surface area contributed by atoms with E-state index in [1.54, 1.807) is 0 Å². The largest absolute Gasteiger partial charge is 0.310 e. The Kier molecular flexibility index (Phi) is 8.57. The fourth-order valence-electron chi connectivity index (χ4n) is 2.51. The van der Waals surface area contributed by atoms with Gasteiger partial charge >= 0.3 is 0 Å². The van der Waals surface area contributed by atoms with Crippen molar-refractivity contribution in [2.24, 2.45) is 0 Å². The van der Waals surface area contributed by atoms with Crippen LogP contribution in [0.5, 0.6) is 0 Å². The van der Waals surface area contributed by atoms with E-state index in [-0.39, 0.29) is 0 Å². The van der Waals surface area contributed by atoms with E-state index in [1.165, 1.54) is 49.7 Å². The first-order valence-corrected chi connectivity index (χ1v) is 8.14. The fraction of sp³-hybridized carbons (Fsp3) is 0.667. The molecule has 1 rings (SSSR count). The Balaban J connectivity index is 2.60. The second-order valence-corrected chi connectivity index (χ2v) is 5.45. The average Bonchev–Trinajstić information content (AvgIpc) is 2.46. The van der Waals surface area contributed by atoms with Crippen LogP contribution in [0.1, 0.15) is 76.5 Å². The minimum atomic E-state index is 0.545. The van der Waals surface area contributed by atoms with Gasteiger partial charge in [0.2, 0.25) is 0 Å². The molecule has 0 saturated carbocycles. The summed E-state index contributed by atoms with van der Waals surface area (Å²) < 4.78 is 0. The smallest absolute Gasteiger partial charge is 0.0320 e. The molecule has 1 aromatic rings. The van der Waals surface area contributed by atoms with Gasteiger partial charge in [-0.25, -0.2) is 0 Å². The molecule has 1 unspecified atom stereocenters. The second kappa shape index (κ2) is 10.0. The van der Waals surface area contributed by atoms with Gasteiger partial charge in [0.15, 0.2) is 0 Å². The van der Waals surface area contributed by atoms with E-state index in [4.69, 9.17) is 0 Å². The molecule has 19 heavy (non-hydrogen) atoms. The molecule has 0 aliphatic carbocycles. The maximum Gasteiger partial charge on any atom is 0.0320 e. The van der Waals surface area contributed by atoms with Crippen molar-refractivity contribution in [2.75, 3.05) is 6.54 Å². The lowest BCUT2D eigenvalue weighted by molar-refractivity contribution is 0.470. The molecule has 1 nitrogen and oxygen atoms in total. The molecule has 0 fully saturated rings. The molecule has 0 aliphatic rings. The normalized spacial score (nSPS) is 12.6. The number of unbranched alkanes of at least 4 members (excludes halogenated alkanes) is 3. The van der Waals surface area contributed by atoms with Gasteiger partial charge in [-0.05, 0) is 36.9 Å². The number of aryl methyl sites for hydroxylation is 1. The van der Waals surface area contributed by atoms with Crippen LogP contribution >= 0.6 is 0 Å². The zero-order chi connectivity index (χ0) is 13.9. The molecule has 0 bridgehead atoms. The summed E-state index contributed by atoms with van der Waals surface area (Å²) in [5, 5.41) is 3.71. The molecule has 1 atom stereocenters. The first-order valence-electron chi connectivity index (χ1n) is 8.14. The number of benzene rings is 1. The lowest BCUT2D eigenvalue weighted by atomic mass is 9.97. The fourth-order valence-corrected chi connectivity index (χ4v) is 2.51. The van der Waals surface area contributed by atoms with E-state index in [9.17, 15) is 0 Å². The molecule has 0 heterocycles. The third-order valence-corrected chi connectivity index (χ3v) is 3.75. The van der Waals surface area contributed by atoms with Crippen LogP contribution < -0.4 is 5.32 Å². The predicted molar refractivity (Wildman–Crippen MR) is 85.6 cm³/mol. The molecular weight excluding hydrogens is 230 g/mol. The maximum absolute atomic E-state index is 3.71. The van der Waals surface area contributed by atoms with Crippen LogP contribution in [0, 0.1) is 0 Å². The van der Waals surface area contributed by atoms with Crippen molar-refractivity contribution >= 4 is 0 Å². The number of rotatable bonds is 10. The molecule has 1 heteroatoms. The first-order chi connectivity index (χ1) is 9.31. The van der Waals surface area contributed by atoms with Crippen LogP contribution in [0.15, 0.2) is 24.3 Å². The van der Waals surface area contributed by atoms with Crippen molar-refractivity contribution in [1.82, 2.24) is 5.32 Å². The lowest BCUT2D eigenvalue weighted by Crippen LogP contribution is -2.22. The highest BCUT2D eigenvalue weighted by atomic mass is 14.9. The standard InChI is InChI=1S/C18H31N/c1-4-7-8-9-13-18(19-14-5-2)17-12-10-11-16(6-3)15-17/h10-12,15,18-19H,4-9,13-14H2,1-3H3. The van der Waals surface area contributed by atoms with Crippen LogP contribution in [0.4, 0.5) is 0 Å². The number of hydrogen-bond acceptors (Lipinski definition) is 1. The van der Waals surface area contributed by atoms with Gasteiger partial charge < -0.3 is 5.32 Å². The Hall–Kier alpha value is -0.820. The summed E-state index contributed by atoms with van der Waals surface area (Å²) in [5.41, 5.74) is 2.93. The summed E-state index contributed by atoms with van der Waals surface area (Å²) in [5.74, 6) is 0. The molecular formula is C18H31N. The van der Waals surface area contributed by atoms with Crippen molar-refractivity contribution in [1.29, 1.82) is 0 Å². The summed E-state index contributed by atoms with van der Waals surface area (Å²) in [6, 6.07) is 9.65. The Labute approximate surface area is 119 Å². The molecule has 0 spiro atoms. The van der Waals surface area contributed by atoms with Crippen molar-refractivity contribution in [3.63, 3.8) is 0 Å². The van der Waals surface area contributed by atoms with Crippen LogP contribution in [-0.2, 0) is 6.42 Å². The summed E-state index contributed by atoms with van der Waals surface area (Å²) >= 11 is 0. The zero-order valence-corrected chi connectivity index (χ0v) is 13.0. The monoisotopic (exact) mass is 261 g/mol. The van der Waals surface area contributed by atoms with E-state index in [1.807, 2.05) is 0 Å². The van der Waals surface area contributed by atoms with Gasteiger partial charge in [0, 0.05) is 6.04 Å². The number of nitrogens with one attached hydrogen (secondary N) is 1. The van der Waals surface area contributed by atoms with E-state index in [0.717, 1.165) is 13.0 Å². The Morgan fingerprint density at radius 3 is 2.53 bits per heavy atom. The van der Waals surface area contributed by atoms with Gasteiger partial charge in [-0.1, -0.05) is 70.7 Å². The average molecular weight is 261 g/mol. The third kappa shape index (κ3) is 6.24. The molecule has 0 aromatic heterocycles. The highest BCUT2D eigenvalue weighted by molar-refractivity contribution is 5.26. The molecule has 1 N–H and O–H groups in total. The van der Waals surface area contributed by atoms with E-state index in [0.29, 0.717) is 6.04 Å². The topological polar surface area (TPSA) is 12.0 Å². The summed E-state index contributed by atoms with van der Waals surface area (Å²) in [6.07, 6.45) is 9.00. The summed E-state index contributed by atoms with van der Waals surface area (Å²) in [6.45, 7) is 7.87. The van der Waals surface area contributed by atoms with Crippen LogP contribution in [-0.4, -0.2) is 6.54 Å². The quantitative estimate of drug-likeness (QED) is 0.566. The molecule has 0 radical (unpaired) electrons. The van der Waals surface area contributed by atoms with E-state index < -0.39 is 0 Å². The van der Waals surface area contributed by atoms with Crippen molar-refractivity contribution in [2.45, 2.75) is 71.8 Å². The molecule has 108 valence electrons. The van der Waals surface area contributed by atoms with Crippen LogP contribution in [0.2, 0.25) is 0 Å². The van der Waals surface area contributed by atoms with Crippen molar-refractivity contribution < 1.29 is 0 Å². The van der Waals surface area contributed by atoms with Crippen molar-refractivity contribution in [3.05, 3.63) is 35.4 Å². The van der Waals surface area contributed by atoms with Gasteiger partial charge in [0.25, 0.3) is 0 Å². The lowest BCUT2D eigenvalue weighted by Gasteiger charge is -2.19. The molecule has 0 saturated heterocycles. The minimum Gasteiger partial charge on any atom is -0.310 e. The van der Waals surface area contributed by atoms with E-state index >= 15 is 0 Å². The maximum atomic E-state index is 3.71. The highest BCUT2D eigenvalue weighted by Crippen LogP contribution is 2.21. The Bertz CT molecular complexity index is 332. The third-order valence-electron chi connectivity index (χ3n) is 3.75. The Morgan fingerprint density at radius 1 is 1.00 bits per heavy atom. The van der Waals surface area contributed by atoms with Gasteiger partial charge in [0.05, 0.1) is 0 Å². The van der Waals surface area contributed by atoms with Gasteiger partial charge in [-0.2, -0.15) is 0 Å². The Morgan fingerprint density at radius 2 is 1.84 bits per heavy atom. The SMILES string of the molecule is CCCCCCC(NCCC)c1cccc(CC)c1. The van der Waals surface area contributed by atoms with Crippen molar-refractivity contribution in [3.8, 4) is 0 Å². The number of hydrogen-bond donors (Lipinski definition) is 1. The van der Waals surface area contributed by atoms with Crippen LogP contribution in [0.3, 0.4) is 0 Å². The molecule has 0 aliphatic heterocycles. The summed E-state index contributed by atoms with van der Waals surface area (Å²) in [4.78, 5) is 0. The zero-order valence-electron chi connectivity index (χ0n) is 13.0. The first kappa shape index (κ1) is 16.2. The van der Waals surface area contributed by atoms with Gasteiger partial charge in [-0.15, -0.1) is 0 Å². The highest BCUT2D eigenvalue weighted by Gasteiger charge is 2.10. The van der Waals surface area contributed by atoms with Gasteiger partial charge in [0.1, 0.15) is 0 Å². The van der Waals surface area contributed by atoms with E-state index in [2.05, 4.69) is 50.4 Å². The van der Waals surface area contributed by atoms with Crippen LogP contribution in [0.25, 0.3) is 0 Å². The minimum absolute atomic E-state index is 0.545. The van der Waals surface area contributed by atoms with Gasteiger partial charge in [-0.3, -0.25) is 0 Å². The second-order valence-electron chi connectivity index (χ2n) is 5.45. The predicted octanol–water partition coefficient (Wildman–Crippen LogP) is 5.26. The molecule has 0 amide bonds. The molecule has 1 aromatic carbocycles. The summed E-state index contributed by atoms with van der Waals surface area (Å²) in [7, 11) is 0.